The van der Waals surface area contributed by atoms with Crippen LogP contribution in [0.3, 0.4) is 0 Å². The molecule has 0 aliphatic carbocycles. The monoisotopic (exact) mass is 430 g/mol. The second-order valence-corrected chi connectivity index (χ2v) is 8.61. The second kappa shape index (κ2) is 8.63. The number of methoxy groups -OCH3 is 1. The van der Waals surface area contributed by atoms with Crippen LogP contribution < -0.4 is 4.31 Å². The van der Waals surface area contributed by atoms with Gasteiger partial charge in [-0.25, -0.2) is 22.5 Å². The van der Waals surface area contributed by atoms with Gasteiger partial charge in [0.2, 0.25) is 0 Å². The topological polar surface area (TPSA) is 76.6 Å². The van der Waals surface area contributed by atoms with Crippen molar-refractivity contribution in [2.75, 3.05) is 11.4 Å². The lowest BCUT2D eigenvalue weighted by Crippen LogP contribution is -2.32. The third-order valence-electron chi connectivity index (χ3n) is 4.29. The first-order valence-electron chi connectivity index (χ1n) is 8.70. The maximum atomic E-state index is 13.5. The molecule has 0 saturated heterocycles. The number of anilines is 1. The highest BCUT2D eigenvalue weighted by Crippen LogP contribution is 2.28. The van der Waals surface area contributed by atoms with Gasteiger partial charge in [-0.1, -0.05) is 41.9 Å². The molecule has 0 N–H and O–H groups in total. The van der Waals surface area contributed by atoms with E-state index in [4.69, 9.17) is 11.6 Å². The second-order valence-electron chi connectivity index (χ2n) is 6.31. The quantitative estimate of drug-likeness (QED) is 0.547. The summed E-state index contributed by atoms with van der Waals surface area (Å²) in [6.45, 7) is 1.85. The fourth-order valence-electron chi connectivity index (χ4n) is 2.83. The van der Waals surface area contributed by atoms with Crippen LogP contribution in [0.5, 0.6) is 0 Å². The lowest BCUT2D eigenvalue weighted by atomic mass is 10.2. The number of pyridine rings is 1. The molecule has 0 atom stereocenters. The number of hydrogen-bond acceptors (Lipinski definition) is 5. The molecule has 0 aliphatic heterocycles. The van der Waals surface area contributed by atoms with Gasteiger partial charge in [-0.2, -0.15) is 0 Å². The summed E-state index contributed by atoms with van der Waals surface area (Å²) in [5.74, 6) is -0.249. The Morgan fingerprint density at radius 1 is 1.10 bits per heavy atom. The highest BCUT2D eigenvalue weighted by Gasteiger charge is 2.28. The largest absolute Gasteiger partial charge is 0.465 e. The van der Waals surface area contributed by atoms with Crippen LogP contribution in [0, 0.1) is 6.92 Å². The summed E-state index contributed by atoms with van der Waals surface area (Å²) < 4.78 is 32.8. The Morgan fingerprint density at radius 2 is 1.76 bits per heavy atom. The van der Waals surface area contributed by atoms with E-state index in [0.29, 0.717) is 10.6 Å². The zero-order chi connectivity index (χ0) is 21.0. The molecule has 0 fully saturated rings. The maximum Gasteiger partial charge on any atom is 0.337 e. The molecule has 0 bridgehead atoms. The van der Waals surface area contributed by atoms with E-state index in [2.05, 4.69) is 9.72 Å². The van der Waals surface area contributed by atoms with Crippen LogP contribution in [-0.4, -0.2) is 26.5 Å². The number of halogens is 1. The number of benzene rings is 2. The molecule has 0 saturated carbocycles. The molecule has 0 spiro atoms. The molecule has 8 heteroatoms. The Labute approximate surface area is 174 Å². The lowest BCUT2D eigenvalue weighted by molar-refractivity contribution is 0.0600. The standard InChI is InChI=1S/C21H19ClN2O4S/c1-15-12-18(22)13-23-20(15)24(14-16-6-4-3-5-7-16)29(26,27)19-10-8-17(9-11-19)21(25)28-2/h3-13H,14H2,1-2H3. The van der Waals surface area contributed by atoms with Crippen LogP contribution in [0.2, 0.25) is 5.02 Å². The lowest BCUT2D eigenvalue weighted by Gasteiger charge is -2.25. The van der Waals surface area contributed by atoms with E-state index < -0.39 is 16.0 Å². The van der Waals surface area contributed by atoms with Gasteiger partial charge in [0.1, 0.15) is 5.82 Å². The van der Waals surface area contributed by atoms with E-state index in [9.17, 15) is 13.2 Å². The number of hydrogen-bond donors (Lipinski definition) is 0. The first kappa shape index (κ1) is 20.8. The fraction of sp³-hybridized carbons (Fsp3) is 0.143. The van der Waals surface area contributed by atoms with Gasteiger partial charge in [-0.3, -0.25) is 0 Å². The van der Waals surface area contributed by atoms with Gasteiger partial charge in [-0.05, 0) is 48.4 Å². The Morgan fingerprint density at radius 3 is 2.34 bits per heavy atom. The van der Waals surface area contributed by atoms with Crippen LogP contribution >= 0.6 is 11.6 Å². The SMILES string of the molecule is COC(=O)c1ccc(S(=O)(=O)N(Cc2ccccc2)c2ncc(Cl)cc2C)cc1. The average molecular weight is 431 g/mol. The molecule has 0 amide bonds. The normalized spacial score (nSPS) is 11.1. The zero-order valence-electron chi connectivity index (χ0n) is 15.9. The number of ether oxygens (including phenoxy) is 1. The highest BCUT2D eigenvalue weighted by molar-refractivity contribution is 7.92. The van der Waals surface area contributed by atoms with Gasteiger partial charge in [-0.15, -0.1) is 0 Å². The number of rotatable bonds is 6. The van der Waals surface area contributed by atoms with Gasteiger partial charge < -0.3 is 4.74 Å². The number of carbonyl (C=O) groups excluding carboxylic acids is 1. The average Bonchev–Trinajstić information content (AvgIpc) is 2.72. The summed E-state index contributed by atoms with van der Waals surface area (Å²) in [5, 5.41) is 0.422. The smallest absolute Gasteiger partial charge is 0.337 e. The number of carbonyl (C=O) groups is 1. The van der Waals surface area contributed by atoms with Crippen molar-refractivity contribution in [3.63, 3.8) is 0 Å². The van der Waals surface area contributed by atoms with Crippen LogP contribution in [0.25, 0.3) is 0 Å². The number of nitrogens with zero attached hydrogens (tertiary/aromatic N) is 2. The van der Waals surface area contributed by atoms with Gasteiger partial charge in [0.05, 0.1) is 29.1 Å². The van der Waals surface area contributed by atoms with E-state index in [-0.39, 0.29) is 22.8 Å². The summed E-state index contributed by atoms with van der Waals surface area (Å²) in [5.41, 5.74) is 1.70. The Kier molecular flexibility index (Phi) is 6.20. The number of esters is 1. The molecule has 0 radical (unpaired) electrons. The molecule has 0 aliphatic rings. The van der Waals surface area contributed by atoms with Crippen molar-refractivity contribution in [1.29, 1.82) is 0 Å². The molecular weight excluding hydrogens is 412 g/mol. The molecule has 6 nitrogen and oxygen atoms in total. The summed E-state index contributed by atoms with van der Waals surface area (Å²) in [6.07, 6.45) is 1.41. The summed E-state index contributed by atoms with van der Waals surface area (Å²) in [6, 6.07) is 16.5. The minimum absolute atomic E-state index is 0.0391. The Hall–Kier alpha value is -2.90. The van der Waals surface area contributed by atoms with E-state index >= 15 is 0 Å². The van der Waals surface area contributed by atoms with Crippen LogP contribution in [0.1, 0.15) is 21.5 Å². The van der Waals surface area contributed by atoms with Crippen LogP contribution in [-0.2, 0) is 21.3 Å². The molecule has 2 aromatic carbocycles. The first-order valence-corrected chi connectivity index (χ1v) is 10.5. The maximum absolute atomic E-state index is 13.5. The van der Waals surface area contributed by atoms with Gasteiger partial charge >= 0.3 is 5.97 Å². The third kappa shape index (κ3) is 4.58. The highest BCUT2D eigenvalue weighted by atomic mass is 35.5. The van der Waals surface area contributed by atoms with Crippen molar-refractivity contribution in [1.82, 2.24) is 4.98 Å². The minimum atomic E-state index is -3.96. The molecule has 1 heterocycles. The summed E-state index contributed by atoms with van der Waals surface area (Å²) in [4.78, 5) is 15.9. The Balaban J connectivity index is 2.07. The summed E-state index contributed by atoms with van der Waals surface area (Å²) in [7, 11) is -2.69. The number of sulfonamides is 1. The van der Waals surface area contributed by atoms with E-state index in [1.54, 1.807) is 13.0 Å². The van der Waals surface area contributed by atoms with E-state index in [0.717, 1.165) is 5.56 Å². The fourth-order valence-corrected chi connectivity index (χ4v) is 4.51. The van der Waals surface area contributed by atoms with Crippen molar-refractivity contribution in [3.8, 4) is 0 Å². The molecular formula is C21H19ClN2O4S. The Bertz CT molecular complexity index is 1120. The van der Waals surface area contributed by atoms with Gasteiger partial charge in [0, 0.05) is 6.20 Å². The van der Waals surface area contributed by atoms with Crippen molar-refractivity contribution in [2.24, 2.45) is 0 Å². The number of aromatic nitrogens is 1. The molecule has 3 rings (SSSR count). The van der Waals surface area contributed by atoms with Crippen molar-refractivity contribution >= 4 is 33.4 Å². The van der Waals surface area contributed by atoms with Crippen molar-refractivity contribution < 1.29 is 17.9 Å². The molecule has 29 heavy (non-hydrogen) atoms. The predicted octanol–water partition coefficient (Wildman–Crippen LogP) is 4.23. The number of aryl methyl sites for hydroxylation is 1. The minimum Gasteiger partial charge on any atom is -0.465 e. The molecule has 1 aromatic heterocycles. The predicted molar refractivity (Wildman–Crippen MR) is 112 cm³/mol. The first-order chi connectivity index (χ1) is 13.8. The summed E-state index contributed by atoms with van der Waals surface area (Å²) >= 11 is 6.00. The third-order valence-corrected chi connectivity index (χ3v) is 6.24. The van der Waals surface area contributed by atoms with E-state index in [1.165, 1.54) is 41.9 Å². The van der Waals surface area contributed by atoms with Gasteiger partial charge in [0.25, 0.3) is 10.0 Å². The molecule has 3 aromatic rings. The van der Waals surface area contributed by atoms with Crippen LogP contribution in [0.4, 0.5) is 5.82 Å². The van der Waals surface area contributed by atoms with Crippen molar-refractivity contribution in [2.45, 2.75) is 18.4 Å². The van der Waals surface area contributed by atoms with E-state index in [1.807, 2.05) is 30.3 Å². The van der Waals surface area contributed by atoms with Gasteiger partial charge in [0.15, 0.2) is 0 Å². The molecule has 0 unspecified atom stereocenters. The zero-order valence-corrected chi connectivity index (χ0v) is 17.4. The van der Waals surface area contributed by atoms with Crippen LogP contribution in [0.15, 0.2) is 71.8 Å². The van der Waals surface area contributed by atoms with Crippen molar-refractivity contribution in [3.05, 3.63) is 88.6 Å². The molecule has 150 valence electrons.